The summed E-state index contributed by atoms with van der Waals surface area (Å²) in [5.41, 5.74) is 4.28. The van der Waals surface area contributed by atoms with E-state index in [0.29, 0.717) is 17.4 Å². The highest BCUT2D eigenvalue weighted by atomic mass is 35.5. The predicted molar refractivity (Wildman–Crippen MR) is 137 cm³/mol. The lowest BCUT2D eigenvalue weighted by atomic mass is 9.99. The van der Waals surface area contributed by atoms with E-state index in [1.54, 1.807) is 12.1 Å². The number of methoxy groups -OCH3 is 1. The summed E-state index contributed by atoms with van der Waals surface area (Å²) >= 11 is 6.77. The number of phenols is 1. The number of hydrogen-bond donors (Lipinski definition) is 2. The van der Waals surface area contributed by atoms with Crippen molar-refractivity contribution in [3.8, 4) is 28.0 Å². The minimum atomic E-state index is -0.379. The van der Waals surface area contributed by atoms with Crippen LogP contribution in [0.4, 0.5) is 5.82 Å². The minimum absolute atomic E-state index is 0.00135. The van der Waals surface area contributed by atoms with Crippen molar-refractivity contribution < 1.29 is 19.4 Å². The molecule has 5 rings (SSSR count). The average Bonchev–Trinajstić information content (AvgIpc) is 3.25. The second kappa shape index (κ2) is 9.98. The molecule has 1 saturated heterocycles. The number of nitrogens with one attached hydrogen (secondary N) is 1. The van der Waals surface area contributed by atoms with E-state index < -0.39 is 0 Å². The Morgan fingerprint density at radius 2 is 1.89 bits per heavy atom. The van der Waals surface area contributed by atoms with Gasteiger partial charge in [0.15, 0.2) is 12.0 Å². The number of anilines is 1. The fraction of sp³-hybridized carbons (Fsp3) is 0.259. The first-order chi connectivity index (χ1) is 17.0. The zero-order chi connectivity index (χ0) is 24.4. The number of rotatable bonds is 6. The molecule has 2 N–H and O–H groups in total. The van der Waals surface area contributed by atoms with Crippen LogP contribution in [0, 0.1) is 0 Å². The maximum absolute atomic E-state index is 11.8. The number of carbonyl (C=O) groups is 1. The van der Waals surface area contributed by atoms with Crippen molar-refractivity contribution in [3.63, 3.8) is 0 Å². The fourth-order valence-corrected chi connectivity index (χ4v) is 4.69. The molecule has 1 aromatic heterocycles. The highest BCUT2D eigenvalue weighted by Gasteiger charge is 2.23. The van der Waals surface area contributed by atoms with Gasteiger partial charge in [0, 0.05) is 23.1 Å². The molecule has 35 heavy (non-hydrogen) atoms. The average molecular weight is 492 g/mol. The van der Waals surface area contributed by atoms with E-state index in [2.05, 4.69) is 5.32 Å². The van der Waals surface area contributed by atoms with Crippen LogP contribution in [0.25, 0.3) is 33.2 Å². The molecule has 0 amide bonds. The molecule has 0 aliphatic carbocycles. The van der Waals surface area contributed by atoms with Crippen molar-refractivity contribution in [3.05, 3.63) is 65.7 Å². The molecule has 8 heteroatoms. The van der Waals surface area contributed by atoms with Gasteiger partial charge in [0.2, 0.25) is 0 Å². The van der Waals surface area contributed by atoms with Gasteiger partial charge in [-0.3, -0.25) is 4.79 Å². The van der Waals surface area contributed by atoms with Crippen LogP contribution in [0.15, 0.2) is 60.7 Å². The van der Waals surface area contributed by atoms with Crippen molar-refractivity contribution >= 4 is 34.3 Å². The molecule has 0 bridgehead atoms. The Hall–Kier alpha value is -3.55. The molecule has 180 valence electrons. The number of carbonyl (C=O) groups excluding carboxylic acids is 1. The van der Waals surface area contributed by atoms with E-state index in [4.69, 9.17) is 26.2 Å². The molecule has 1 fully saturated rings. The number of ether oxygens (including phenoxy) is 2. The number of halogens is 1. The molecule has 0 radical (unpaired) electrons. The van der Waals surface area contributed by atoms with Crippen molar-refractivity contribution in [1.29, 1.82) is 0 Å². The first kappa shape index (κ1) is 23.2. The van der Waals surface area contributed by atoms with Gasteiger partial charge in [-0.15, -0.1) is 0 Å². The molecule has 1 aliphatic heterocycles. The summed E-state index contributed by atoms with van der Waals surface area (Å²) in [7, 11) is 1.35. The van der Waals surface area contributed by atoms with Crippen molar-refractivity contribution in [1.82, 2.24) is 9.78 Å². The normalized spacial score (nSPS) is 15.8. The molecule has 0 saturated carbocycles. The Balaban J connectivity index is 1.55. The Bertz CT molecular complexity index is 1360. The van der Waals surface area contributed by atoms with E-state index in [9.17, 15) is 9.90 Å². The van der Waals surface area contributed by atoms with Crippen LogP contribution in [0.5, 0.6) is 5.75 Å². The second-order valence-electron chi connectivity index (χ2n) is 8.49. The summed E-state index contributed by atoms with van der Waals surface area (Å²) < 4.78 is 12.6. The zero-order valence-electron chi connectivity index (χ0n) is 19.3. The number of para-hydroxylation sites is 1. The van der Waals surface area contributed by atoms with Crippen LogP contribution in [-0.2, 0) is 14.3 Å². The number of benzene rings is 3. The minimum Gasteiger partial charge on any atom is -0.507 e. The highest BCUT2D eigenvalue weighted by molar-refractivity contribution is 6.34. The summed E-state index contributed by atoms with van der Waals surface area (Å²) in [4.78, 5) is 11.8. The quantitative estimate of drug-likeness (QED) is 0.321. The first-order valence-corrected chi connectivity index (χ1v) is 12.0. The van der Waals surface area contributed by atoms with Crippen molar-refractivity contribution in [2.24, 2.45) is 0 Å². The standard InChI is InChI=1S/C27H26ClN3O4/c1-34-26(33)16-29-27-21-14-20(18-11-9-17(10-12-18)19-6-2-3-7-24(19)32)22(28)15-23(21)31(30-27)25-8-4-5-13-35-25/h2-3,6-7,9-12,14-15,25,32H,4-5,8,13,16H2,1H3,(H,29,30). The number of aromatic nitrogens is 2. The molecule has 1 aliphatic rings. The third kappa shape index (κ3) is 4.70. The number of aromatic hydroxyl groups is 1. The summed E-state index contributed by atoms with van der Waals surface area (Å²) in [5.74, 6) is 0.428. The first-order valence-electron chi connectivity index (χ1n) is 11.6. The van der Waals surface area contributed by atoms with E-state index in [-0.39, 0.29) is 24.5 Å². The van der Waals surface area contributed by atoms with E-state index in [1.165, 1.54) is 7.11 Å². The maximum Gasteiger partial charge on any atom is 0.325 e. The number of esters is 1. The summed E-state index contributed by atoms with van der Waals surface area (Å²) in [6.07, 6.45) is 2.77. The molecule has 3 aromatic carbocycles. The topological polar surface area (TPSA) is 85.6 Å². The predicted octanol–water partition coefficient (Wildman–Crippen LogP) is 6.01. The number of hydrogen-bond acceptors (Lipinski definition) is 6. The molecule has 1 unspecified atom stereocenters. The van der Waals surface area contributed by atoms with Gasteiger partial charge in [-0.05, 0) is 48.6 Å². The van der Waals surface area contributed by atoms with Gasteiger partial charge in [-0.25, -0.2) is 4.68 Å². The molecule has 0 spiro atoms. The van der Waals surface area contributed by atoms with Gasteiger partial charge in [-0.2, -0.15) is 5.10 Å². The van der Waals surface area contributed by atoms with Gasteiger partial charge in [-0.1, -0.05) is 54.1 Å². The van der Waals surface area contributed by atoms with Gasteiger partial charge in [0.25, 0.3) is 0 Å². The van der Waals surface area contributed by atoms with Crippen molar-refractivity contribution in [2.75, 3.05) is 25.6 Å². The lowest BCUT2D eigenvalue weighted by molar-refractivity contribution is -0.138. The lowest BCUT2D eigenvalue weighted by Crippen LogP contribution is -2.20. The van der Waals surface area contributed by atoms with Crippen molar-refractivity contribution in [2.45, 2.75) is 25.5 Å². The van der Waals surface area contributed by atoms with Crippen LogP contribution in [0.1, 0.15) is 25.5 Å². The number of phenolic OH excluding ortho intramolecular Hbond substituents is 1. The summed E-state index contributed by atoms with van der Waals surface area (Å²) in [6, 6.07) is 19.0. The SMILES string of the molecule is COC(=O)CNc1nn(C2CCCCO2)c2cc(Cl)c(-c3ccc(-c4ccccc4O)cc3)cc12. The Morgan fingerprint density at radius 1 is 1.14 bits per heavy atom. The van der Waals surface area contributed by atoms with Crippen LogP contribution in [-0.4, -0.2) is 41.1 Å². The van der Waals surface area contributed by atoms with Gasteiger partial charge >= 0.3 is 5.97 Å². The molecule has 4 aromatic rings. The fourth-order valence-electron chi connectivity index (χ4n) is 4.42. The third-order valence-corrected chi connectivity index (χ3v) is 6.57. The van der Waals surface area contributed by atoms with Crippen LogP contribution >= 0.6 is 11.6 Å². The third-order valence-electron chi connectivity index (χ3n) is 6.26. The van der Waals surface area contributed by atoms with E-state index in [1.807, 2.05) is 53.2 Å². The Kier molecular flexibility index (Phi) is 6.61. The van der Waals surface area contributed by atoms with E-state index in [0.717, 1.165) is 52.4 Å². The smallest absolute Gasteiger partial charge is 0.325 e. The highest BCUT2D eigenvalue weighted by Crippen LogP contribution is 2.38. The van der Waals surface area contributed by atoms with E-state index >= 15 is 0 Å². The maximum atomic E-state index is 11.8. The number of nitrogens with zero attached hydrogens (tertiary/aromatic N) is 2. The molecule has 2 heterocycles. The van der Waals surface area contributed by atoms with Crippen LogP contribution in [0.3, 0.4) is 0 Å². The van der Waals surface area contributed by atoms with Crippen LogP contribution < -0.4 is 5.32 Å². The number of fused-ring (bicyclic) bond motifs is 1. The molecule has 1 atom stereocenters. The summed E-state index contributed by atoms with van der Waals surface area (Å²) in [5, 5.41) is 19.5. The second-order valence-corrected chi connectivity index (χ2v) is 8.89. The van der Waals surface area contributed by atoms with Gasteiger partial charge < -0.3 is 19.9 Å². The van der Waals surface area contributed by atoms with Gasteiger partial charge in [0.1, 0.15) is 12.3 Å². The van der Waals surface area contributed by atoms with Crippen LogP contribution in [0.2, 0.25) is 5.02 Å². The lowest BCUT2D eigenvalue weighted by Gasteiger charge is -2.23. The Morgan fingerprint density at radius 3 is 2.57 bits per heavy atom. The zero-order valence-corrected chi connectivity index (χ0v) is 20.1. The molecule has 7 nitrogen and oxygen atoms in total. The largest absolute Gasteiger partial charge is 0.507 e. The van der Waals surface area contributed by atoms with Gasteiger partial charge in [0.05, 0.1) is 17.6 Å². The molecular formula is C27H26ClN3O4. The summed E-state index contributed by atoms with van der Waals surface area (Å²) in [6.45, 7) is 0.688. The Labute approximate surface area is 208 Å². The monoisotopic (exact) mass is 491 g/mol. The molecular weight excluding hydrogens is 466 g/mol.